The second-order valence-electron chi connectivity index (χ2n) is 4.88. The first kappa shape index (κ1) is 15.3. The zero-order valence-electron chi connectivity index (χ0n) is 12.2. The summed E-state index contributed by atoms with van der Waals surface area (Å²) in [6.45, 7) is 0.496. The first-order valence-corrected chi connectivity index (χ1v) is 7.06. The Hall–Kier alpha value is -2.07. The number of rotatable bonds is 7. The molecule has 0 aliphatic heterocycles. The summed E-state index contributed by atoms with van der Waals surface area (Å²) in [6.07, 6.45) is 1.62. The number of ether oxygens (including phenoxy) is 2. The van der Waals surface area contributed by atoms with Crippen molar-refractivity contribution in [1.29, 1.82) is 0 Å². The molecular weight excluding hydrogens is 268 g/mol. The summed E-state index contributed by atoms with van der Waals surface area (Å²) < 4.78 is 10.3. The summed E-state index contributed by atoms with van der Waals surface area (Å²) >= 11 is 0. The van der Waals surface area contributed by atoms with Crippen LogP contribution in [0, 0.1) is 0 Å². The van der Waals surface area contributed by atoms with E-state index >= 15 is 0 Å². The zero-order valence-corrected chi connectivity index (χ0v) is 12.2. The highest BCUT2D eigenvalue weighted by molar-refractivity contribution is 5.85. The van der Waals surface area contributed by atoms with E-state index < -0.39 is 0 Å². The van der Waals surface area contributed by atoms with Crippen molar-refractivity contribution in [3.63, 3.8) is 0 Å². The van der Waals surface area contributed by atoms with E-state index in [1.165, 1.54) is 0 Å². The van der Waals surface area contributed by atoms with Crippen LogP contribution in [0.25, 0.3) is 10.8 Å². The average Bonchev–Trinajstić information content (AvgIpc) is 2.51. The van der Waals surface area contributed by atoms with Gasteiger partial charge in [0.1, 0.15) is 5.75 Å². The largest absolute Gasteiger partial charge is 0.497 e. The molecule has 0 aliphatic carbocycles. The van der Waals surface area contributed by atoms with Gasteiger partial charge in [0.05, 0.1) is 20.1 Å². The number of benzene rings is 2. The molecular formula is C17H20O4. The Labute approximate surface area is 124 Å². The van der Waals surface area contributed by atoms with Gasteiger partial charge in [-0.25, -0.2) is 0 Å². The van der Waals surface area contributed by atoms with Crippen molar-refractivity contribution in [2.24, 2.45) is 0 Å². The van der Waals surface area contributed by atoms with Gasteiger partial charge in [0.2, 0.25) is 0 Å². The van der Waals surface area contributed by atoms with E-state index in [2.05, 4.69) is 0 Å². The molecule has 0 saturated heterocycles. The van der Waals surface area contributed by atoms with E-state index in [9.17, 15) is 4.79 Å². The van der Waals surface area contributed by atoms with Crippen molar-refractivity contribution in [3.05, 3.63) is 42.0 Å². The minimum Gasteiger partial charge on any atom is -0.497 e. The molecule has 0 radical (unpaired) electrons. The van der Waals surface area contributed by atoms with Gasteiger partial charge in [0.25, 0.3) is 0 Å². The fourth-order valence-corrected chi connectivity index (χ4v) is 2.13. The van der Waals surface area contributed by atoms with Crippen LogP contribution >= 0.6 is 0 Å². The highest BCUT2D eigenvalue weighted by atomic mass is 16.5. The first-order chi connectivity index (χ1) is 10.2. The molecule has 0 saturated carbocycles. The molecule has 2 aromatic carbocycles. The summed E-state index contributed by atoms with van der Waals surface area (Å²) in [7, 11) is 1.64. The number of fused-ring (bicyclic) bond motifs is 1. The Morgan fingerprint density at radius 2 is 1.86 bits per heavy atom. The van der Waals surface area contributed by atoms with Crippen LogP contribution in [0.4, 0.5) is 0 Å². The number of carbonyl (C=O) groups excluding carboxylic acids is 1. The second-order valence-corrected chi connectivity index (χ2v) is 4.88. The van der Waals surface area contributed by atoms with Crippen molar-refractivity contribution in [2.75, 3.05) is 20.3 Å². The second kappa shape index (κ2) is 7.64. The van der Waals surface area contributed by atoms with Crippen LogP contribution in [0.1, 0.15) is 18.4 Å². The van der Waals surface area contributed by atoms with Gasteiger partial charge in [-0.15, -0.1) is 0 Å². The molecule has 0 fully saturated rings. The molecule has 1 N–H and O–H groups in total. The van der Waals surface area contributed by atoms with Gasteiger partial charge in [0, 0.05) is 6.61 Å². The monoisotopic (exact) mass is 288 g/mol. The number of unbranched alkanes of at least 4 members (excludes halogenated alkanes) is 1. The quantitative estimate of drug-likeness (QED) is 0.628. The third kappa shape index (κ3) is 4.46. The standard InChI is InChI=1S/C17H20O4/c1-20-16-7-6-14-10-13(4-5-15(14)12-16)11-17(19)21-9-3-2-8-18/h4-7,10,12,18H,2-3,8-9,11H2,1H3. The lowest BCUT2D eigenvalue weighted by atomic mass is 10.0. The molecule has 2 rings (SSSR count). The fourth-order valence-electron chi connectivity index (χ4n) is 2.13. The van der Waals surface area contributed by atoms with Crippen molar-refractivity contribution >= 4 is 16.7 Å². The summed E-state index contributed by atoms with van der Waals surface area (Å²) in [5.41, 5.74) is 0.930. The average molecular weight is 288 g/mol. The van der Waals surface area contributed by atoms with Crippen molar-refractivity contribution in [2.45, 2.75) is 19.3 Å². The van der Waals surface area contributed by atoms with Gasteiger partial charge >= 0.3 is 5.97 Å². The fraction of sp³-hybridized carbons (Fsp3) is 0.353. The van der Waals surface area contributed by atoms with Gasteiger partial charge in [-0.2, -0.15) is 0 Å². The maximum absolute atomic E-state index is 11.7. The summed E-state index contributed by atoms with van der Waals surface area (Å²) in [6, 6.07) is 11.7. The van der Waals surface area contributed by atoms with E-state index in [0.29, 0.717) is 19.4 Å². The predicted octanol–water partition coefficient (Wildman–Crippen LogP) is 2.71. The Kier molecular flexibility index (Phi) is 5.58. The van der Waals surface area contributed by atoms with E-state index in [1.54, 1.807) is 7.11 Å². The zero-order chi connectivity index (χ0) is 15.1. The van der Waals surface area contributed by atoms with Crippen LogP contribution in [0.5, 0.6) is 5.75 Å². The molecule has 21 heavy (non-hydrogen) atoms. The summed E-state index contributed by atoms with van der Waals surface area (Å²) in [4.78, 5) is 11.7. The van der Waals surface area contributed by atoms with E-state index in [0.717, 1.165) is 22.1 Å². The number of aliphatic hydroxyl groups excluding tert-OH is 1. The molecule has 0 aromatic heterocycles. The van der Waals surface area contributed by atoms with Crippen LogP contribution in [0.3, 0.4) is 0 Å². The smallest absolute Gasteiger partial charge is 0.310 e. The lowest BCUT2D eigenvalue weighted by Crippen LogP contribution is -2.09. The van der Waals surface area contributed by atoms with Crippen LogP contribution in [-0.2, 0) is 16.0 Å². The molecule has 4 nitrogen and oxygen atoms in total. The number of esters is 1. The van der Waals surface area contributed by atoms with E-state index in [1.807, 2.05) is 36.4 Å². The number of carbonyl (C=O) groups is 1. The van der Waals surface area contributed by atoms with Gasteiger partial charge in [-0.05, 0) is 41.3 Å². The summed E-state index contributed by atoms with van der Waals surface area (Å²) in [5.74, 6) is 0.583. The molecule has 0 amide bonds. The third-order valence-electron chi connectivity index (χ3n) is 3.28. The third-order valence-corrected chi connectivity index (χ3v) is 3.28. The van der Waals surface area contributed by atoms with Crippen molar-refractivity contribution < 1.29 is 19.4 Å². The van der Waals surface area contributed by atoms with Gasteiger partial charge in [0.15, 0.2) is 0 Å². The molecule has 0 atom stereocenters. The molecule has 2 aromatic rings. The lowest BCUT2D eigenvalue weighted by Gasteiger charge is -2.06. The SMILES string of the molecule is COc1ccc2cc(CC(=O)OCCCCO)ccc2c1. The minimum absolute atomic E-state index is 0.131. The summed E-state index contributed by atoms with van der Waals surface area (Å²) in [5, 5.41) is 10.8. The Balaban J connectivity index is 1.97. The van der Waals surface area contributed by atoms with Crippen LogP contribution in [-0.4, -0.2) is 31.4 Å². The molecule has 0 bridgehead atoms. The molecule has 0 heterocycles. The Bertz CT molecular complexity index is 607. The number of aliphatic hydroxyl groups is 1. The minimum atomic E-state index is -0.235. The number of hydrogen-bond donors (Lipinski definition) is 1. The predicted molar refractivity (Wildman–Crippen MR) is 81.5 cm³/mol. The van der Waals surface area contributed by atoms with Gasteiger partial charge < -0.3 is 14.6 Å². The Morgan fingerprint density at radius 1 is 1.10 bits per heavy atom. The topological polar surface area (TPSA) is 55.8 Å². The number of hydrogen-bond acceptors (Lipinski definition) is 4. The van der Waals surface area contributed by atoms with Gasteiger partial charge in [-0.1, -0.05) is 24.3 Å². The van der Waals surface area contributed by atoms with Gasteiger partial charge in [-0.3, -0.25) is 4.79 Å². The van der Waals surface area contributed by atoms with Crippen LogP contribution in [0.2, 0.25) is 0 Å². The van der Waals surface area contributed by atoms with Crippen molar-refractivity contribution in [3.8, 4) is 5.75 Å². The molecule has 4 heteroatoms. The highest BCUT2D eigenvalue weighted by Gasteiger charge is 2.06. The Morgan fingerprint density at radius 3 is 2.62 bits per heavy atom. The van der Waals surface area contributed by atoms with Crippen molar-refractivity contribution in [1.82, 2.24) is 0 Å². The molecule has 0 unspecified atom stereocenters. The number of methoxy groups -OCH3 is 1. The highest BCUT2D eigenvalue weighted by Crippen LogP contribution is 2.22. The molecule has 0 spiro atoms. The normalized spacial score (nSPS) is 10.6. The lowest BCUT2D eigenvalue weighted by molar-refractivity contribution is -0.143. The molecule has 0 aliphatic rings. The first-order valence-electron chi connectivity index (χ1n) is 7.06. The van der Waals surface area contributed by atoms with E-state index in [-0.39, 0.29) is 19.0 Å². The molecule has 112 valence electrons. The van der Waals surface area contributed by atoms with Crippen LogP contribution in [0.15, 0.2) is 36.4 Å². The maximum Gasteiger partial charge on any atom is 0.310 e. The van der Waals surface area contributed by atoms with E-state index in [4.69, 9.17) is 14.6 Å². The maximum atomic E-state index is 11.7. The van der Waals surface area contributed by atoms with Crippen LogP contribution < -0.4 is 4.74 Å².